The second-order valence-electron chi connectivity index (χ2n) is 5.51. The molecular formula is C18H13ClF3N3O2. The predicted octanol–water partition coefficient (Wildman–Crippen LogP) is 5.21. The van der Waals surface area contributed by atoms with E-state index in [-0.39, 0.29) is 16.3 Å². The Balaban J connectivity index is 1.67. The number of halogens is 4. The van der Waals surface area contributed by atoms with Crippen LogP contribution in [0.25, 0.3) is 0 Å². The van der Waals surface area contributed by atoms with Crippen LogP contribution in [0.3, 0.4) is 0 Å². The van der Waals surface area contributed by atoms with Gasteiger partial charge in [-0.1, -0.05) is 11.6 Å². The standard InChI is InChI=1S/C18H13ClF3N3O2/c19-14-5-4-12(18(20,21)22)8-15(14)25-17(26)11-3-6-16(23-9-11)24-10-13-2-1-7-27-13/h1-9H,10H2,(H,23,24)(H,25,26). The van der Waals surface area contributed by atoms with E-state index in [9.17, 15) is 18.0 Å². The van der Waals surface area contributed by atoms with Crippen LogP contribution in [0, 0.1) is 0 Å². The van der Waals surface area contributed by atoms with Gasteiger partial charge in [0.25, 0.3) is 5.91 Å². The van der Waals surface area contributed by atoms with Crippen molar-refractivity contribution in [1.29, 1.82) is 0 Å². The SMILES string of the molecule is O=C(Nc1cc(C(F)(F)F)ccc1Cl)c1ccc(NCc2ccco2)nc1. The van der Waals surface area contributed by atoms with Crippen LogP contribution < -0.4 is 10.6 Å². The normalized spacial score (nSPS) is 11.3. The molecule has 3 rings (SSSR count). The van der Waals surface area contributed by atoms with E-state index in [4.69, 9.17) is 16.0 Å². The highest BCUT2D eigenvalue weighted by atomic mass is 35.5. The van der Waals surface area contributed by atoms with Crippen LogP contribution in [-0.2, 0) is 12.7 Å². The van der Waals surface area contributed by atoms with Crippen molar-refractivity contribution in [1.82, 2.24) is 4.98 Å². The van der Waals surface area contributed by atoms with Crippen LogP contribution in [0.15, 0.2) is 59.3 Å². The van der Waals surface area contributed by atoms with E-state index in [0.717, 1.165) is 24.0 Å². The molecule has 0 atom stereocenters. The molecule has 0 fully saturated rings. The molecule has 0 bridgehead atoms. The lowest BCUT2D eigenvalue weighted by Gasteiger charge is -2.12. The number of benzene rings is 1. The Morgan fingerprint density at radius 3 is 2.63 bits per heavy atom. The van der Waals surface area contributed by atoms with Gasteiger partial charge in [0.05, 0.1) is 34.6 Å². The monoisotopic (exact) mass is 395 g/mol. The smallest absolute Gasteiger partial charge is 0.416 e. The highest BCUT2D eigenvalue weighted by molar-refractivity contribution is 6.34. The molecule has 2 aromatic heterocycles. The molecule has 2 heterocycles. The van der Waals surface area contributed by atoms with Crippen molar-refractivity contribution in [2.24, 2.45) is 0 Å². The van der Waals surface area contributed by atoms with Crippen LogP contribution >= 0.6 is 11.6 Å². The first-order chi connectivity index (χ1) is 12.8. The summed E-state index contributed by atoms with van der Waals surface area (Å²) in [4.78, 5) is 16.4. The molecule has 0 spiro atoms. The number of alkyl halides is 3. The largest absolute Gasteiger partial charge is 0.467 e. The molecule has 1 amide bonds. The molecule has 0 saturated heterocycles. The Hall–Kier alpha value is -3.00. The minimum absolute atomic E-state index is 0.000967. The van der Waals surface area contributed by atoms with Crippen molar-refractivity contribution in [3.05, 3.63) is 76.8 Å². The van der Waals surface area contributed by atoms with Gasteiger partial charge in [-0.25, -0.2) is 4.98 Å². The first-order valence-corrected chi connectivity index (χ1v) is 8.11. The molecule has 0 aliphatic rings. The van der Waals surface area contributed by atoms with Gasteiger partial charge in [0.15, 0.2) is 0 Å². The number of nitrogens with zero attached hydrogens (tertiary/aromatic N) is 1. The average molecular weight is 396 g/mol. The van der Waals surface area contributed by atoms with Crippen molar-refractivity contribution in [2.75, 3.05) is 10.6 Å². The molecule has 27 heavy (non-hydrogen) atoms. The van der Waals surface area contributed by atoms with Gasteiger partial charge in [0.2, 0.25) is 0 Å². The van der Waals surface area contributed by atoms with Crippen LogP contribution in [0.5, 0.6) is 0 Å². The summed E-state index contributed by atoms with van der Waals surface area (Å²) in [5.74, 6) is 0.610. The lowest BCUT2D eigenvalue weighted by molar-refractivity contribution is -0.137. The summed E-state index contributed by atoms with van der Waals surface area (Å²) >= 11 is 5.88. The van der Waals surface area contributed by atoms with Crippen molar-refractivity contribution in [3.8, 4) is 0 Å². The number of amides is 1. The van der Waals surface area contributed by atoms with Gasteiger partial charge in [-0.2, -0.15) is 13.2 Å². The average Bonchev–Trinajstić information content (AvgIpc) is 3.15. The summed E-state index contributed by atoms with van der Waals surface area (Å²) in [6.07, 6.45) is -1.68. The summed E-state index contributed by atoms with van der Waals surface area (Å²) in [5.41, 5.74) is -0.860. The summed E-state index contributed by atoms with van der Waals surface area (Å²) in [6.45, 7) is 0.422. The van der Waals surface area contributed by atoms with Gasteiger partial charge in [-0.3, -0.25) is 4.79 Å². The predicted molar refractivity (Wildman–Crippen MR) is 94.7 cm³/mol. The van der Waals surface area contributed by atoms with Crippen LogP contribution in [0.2, 0.25) is 5.02 Å². The molecule has 0 saturated carbocycles. The van der Waals surface area contributed by atoms with Gasteiger partial charge in [-0.15, -0.1) is 0 Å². The maximum Gasteiger partial charge on any atom is 0.416 e. The van der Waals surface area contributed by atoms with E-state index in [0.29, 0.717) is 12.4 Å². The molecule has 0 unspecified atom stereocenters. The Morgan fingerprint density at radius 2 is 2.00 bits per heavy atom. The minimum Gasteiger partial charge on any atom is -0.467 e. The molecule has 0 radical (unpaired) electrons. The lowest BCUT2D eigenvalue weighted by Crippen LogP contribution is -2.14. The van der Waals surface area contributed by atoms with Crippen molar-refractivity contribution in [2.45, 2.75) is 12.7 Å². The van der Waals surface area contributed by atoms with E-state index < -0.39 is 17.6 Å². The number of hydrogen-bond donors (Lipinski definition) is 2. The fraction of sp³-hybridized carbons (Fsp3) is 0.111. The first kappa shape index (κ1) is 18.8. The lowest BCUT2D eigenvalue weighted by atomic mass is 10.2. The van der Waals surface area contributed by atoms with Gasteiger partial charge in [0.1, 0.15) is 11.6 Å². The molecule has 0 aliphatic carbocycles. The van der Waals surface area contributed by atoms with Gasteiger partial charge < -0.3 is 15.1 Å². The fourth-order valence-electron chi connectivity index (χ4n) is 2.22. The number of furan rings is 1. The Morgan fingerprint density at radius 1 is 1.19 bits per heavy atom. The molecular weight excluding hydrogens is 383 g/mol. The summed E-state index contributed by atoms with van der Waals surface area (Å²) in [5, 5.41) is 5.38. The number of aromatic nitrogens is 1. The Labute approximate surface area is 157 Å². The second-order valence-corrected chi connectivity index (χ2v) is 5.92. The molecule has 9 heteroatoms. The molecule has 140 valence electrons. The van der Waals surface area contributed by atoms with Crippen LogP contribution in [0.4, 0.5) is 24.7 Å². The third-order valence-corrected chi connectivity index (χ3v) is 3.92. The quantitative estimate of drug-likeness (QED) is 0.622. The van der Waals surface area contributed by atoms with Crippen LogP contribution in [0.1, 0.15) is 21.7 Å². The van der Waals surface area contributed by atoms with E-state index in [2.05, 4.69) is 15.6 Å². The molecule has 3 aromatic rings. The minimum atomic E-state index is -4.53. The van der Waals surface area contributed by atoms with Crippen molar-refractivity contribution in [3.63, 3.8) is 0 Å². The van der Waals surface area contributed by atoms with Crippen molar-refractivity contribution < 1.29 is 22.4 Å². The maximum absolute atomic E-state index is 12.8. The number of rotatable bonds is 5. The number of carbonyl (C=O) groups excluding carboxylic acids is 1. The van der Waals surface area contributed by atoms with E-state index in [1.165, 1.54) is 12.3 Å². The number of anilines is 2. The molecule has 1 aromatic carbocycles. The molecule has 5 nitrogen and oxygen atoms in total. The zero-order chi connectivity index (χ0) is 19.4. The summed E-state index contributed by atoms with van der Waals surface area (Å²) in [7, 11) is 0. The first-order valence-electron chi connectivity index (χ1n) is 7.73. The van der Waals surface area contributed by atoms with Gasteiger partial charge >= 0.3 is 6.18 Å². The Kier molecular flexibility index (Phi) is 5.36. The number of pyridine rings is 1. The highest BCUT2D eigenvalue weighted by Gasteiger charge is 2.31. The van der Waals surface area contributed by atoms with Crippen LogP contribution in [-0.4, -0.2) is 10.9 Å². The fourth-order valence-corrected chi connectivity index (χ4v) is 2.38. The van der Waals surface area contributed by atoms with E-state index in [1.807, 2.05) is 0 Å². The van der Waals surface area contributed by atoms with Gasteiger partial charge in [0, 0.05) is 6.20 Å². The number of carbonyl (C=O) groups is 1. The molecule has 0 aliphatic heterocycles. The Bertz CT molecular complexity index is 926. The summed E-state index contributed by atoms with van der Waals surface area (Å²) < 4.78 is 43.6. The van der Waals surface area contributed by atoms with E-state index in [1.54, 1.807) is 24.5 Å². The second kappa shape index (κ2) is 7.71. The zero-order valence-corrected chi connectivity index (χ0v) is 14.4. The highest BCUT2D eigenvalue weighted by Crippen LogP contribution is 2.34. The number of nitrogens with one attached hydrogen (secondary N) is 2. The topological polar surface area (TPSA) is 67.2 Å². The maximum atomic E-state index is 12.8. The van der Waals surface area contributed by atoms with Crippen molar-refractivity contribution >= 4 is 29.0 Å². The van der Waals surface area contributed by atoms with Gasteiger partial charge in [-0.05, 0) is 42.5 Å². The molecule has 2 N–H and O–H groups in total. The third-order valence-electron chi connectivity index (χ3n) is 3.59. The van der Waals surface area contributed by atoms with E-state index >= 15 is 0 Å². The zero-order valence-electron chi connectivity index (χ0n) is 13.7. The number of hydrogen-bond acceptors (Lipinski definition) is 4. The summed E-state index contributed by atoms with van der Waals surface area (Å²) in [6, 6.07) is 9.34. The third kappa shape index (κ3) is 4.79.